The normalized spacial score (nSPS) is 30.2. The summed E-state index contributed by atoms with van der Waals surface area (Å²) in [4.78, 5) is 69.3. The van der Waals surface area contributed by atoms with Crippen molar-refractivity contribution in [3.8, 4) is 5.75 Å². The summed E-state index contributed by atoms with van der Waals surface area (Å²) < 4.78 is 0. The molecule has 0 radical (unpaired) electrons. The number of fused-ring (bicyclic) bond motifs is 3. The van der Waals surface area contributed by atoms with Crippen LogP contribution in [-0.4, -0.2) is 49.8 Å². The first-order valence-electron chi connectivity index (χ1n) is 11.2. The highest BCUT2D eigenvalue weighted by molar-refractivity contribution is 7.10. The second kappa shape index (κ2) is 8.03. The Bertz CT molecular complexity index is 1360. The third-order valence-corrected chi connectivity index (χ3v) is 8.41. The number of nitrogens with two attached hydrogens (primary N) is 1. The molecule has 3 aliphatic carbocycles. The fraction of sp³-hybridized carbons (Fsp3) is 0.360. The first-order valence-corrected chi connectivity index (χ1v) is 12.0. The Kier molecular flexibility index (Phi) is 5.33. The van der Waals surface area contributed by atoms with E-state index >= 15 is 0 Å². The topological polar surface area (TPSA) is 165 Å². The summed E-state index contributed by atoms with van der Waals surface area (Å²) in [6.45, 7) is 1.88. The number of carbonyl (C=O) groups excluding carboxylic acids is 5. The zero-order valence-corrected chi connectivity index (χ0v) is 19.5. The van der Waals surface area contributed by atoms with Crippen LogP contribution >= 0.6 is 11.3 Å². The number of carbonyl (C=O) groups is 5. The zero-order chi connectivity index (χ0) is 25.2. The molecule has 10 heteroatoms. The zero-order valence-electron chi connectivity index (χ0n) is 18.7. The molecular formula is C25H22N2O7S. The fourth-order valence-electron chi connectivity index (χ4n) is 5.78. The van der Waals surface area contributed by atoms with E-state index in [9.17, 15) is 34.2 Å². The van der Waals surface area contributed by atoms with Crippen molar-refractivity contribution in [1.29, 1.82) is 0 Å². The third kappa shape index (κ3) is 3.31. The highest BCUT2D eigenvalue weighted by atomic mass is 32.1. The van der Waals surface area contributed by atoms with E-state index in [4.69, 9.17) is 5.73 Å². The van der Waals surface area contributed by atoms with E-state index in [1.165, 1.54) is 17.4 Å². The molecule has 2 saturated carbocycles. The number of thiazole rings is 1. The van der Waals surface area contributed by atoms with Gasteiger partial charge in [0.15, 0.2) is 34.7 Å². The van der Waals surface area contributed by atoms with E-state index < -0.39 is 58.3 Å². The van der Waals surface area contributed by atoms with Gasteiger partial charge < -0.3 is 15.9 Å². The number of hydrogen-bond donors (Lipinski definition) is 3. The van der Waals surface area contributed by atoms with Gasteiger partial charge in [-0.25, -0.2) is 4.98 Å². The Hall–Kier alpha value is -3.50. The van der Waals surface area contributed by atoms with E-state index in [-0.39, 0.29) is 30.6 Å². The number of nitrogens with zero attached hydrogens (tertiary/aromatic N) is 1. The van der Waals surface area contributed by atoms with Gasteiger partial charge in [-0.05, 0) is 49.0 Å². The second-order valence-electron chi connectivity index (χ2n) is 9.40. The molecule has 1 aromatic heterocycles. The van der Waals surface area contributed by atoms with Crippen LogP contribution in [0.4, 0.5) is 0 Å². The lowest BCUT2D eigenvalue weighted by Crippen LogP contribution is -2.68. The predicted molar refractivity (Wildman–Crippen MR) is 124 cm³/mol. The standard InChI is InChI=1S/C25H22N2O7S/c1-10-17(35-9-27-10)5-3-11-2-4-15(28)19-14(11)7-12-6-13-8-16(29)20(24(26)33)23(32)25(13,34)22(31)18(12)21(19)30/h2-5,9,12-13,18,20,28,34H,6-8H2,1H3,(H2,26,33)/b5-3+/t12-,13+,18?,20?,25+/m1/s1. The summed E-state index contributed by atoms with van der Waals surface area (Å²) in [6, 6.07) is 3.05. The molecule has 180 valence electrons. The minimum atomic E-state index is -2.64. The molecule has 1 heterocycles. The molecule has 35 heavy (non-hydrogen) atoms. The largest absolute Gasteiger partial charge is 0.507 e. The van der Waals surface area contributed by atoms with Crippen molar-refractivity contribution in [2.75, 3.05) is 0 Å². The molecule has 9 nitrogen and oxygen atoms in total. The summed E-state index contributed by atoms with van der Waals surface area (Å²) >= 11 is 1.46. The van der Waals surface area contributed by atoms with Crippen molar-refractivity contribution < 1.29 is 34.2 Å². The molecule has 2 aromatic rings. The summed E-state index contributed by atoms with van der Waals surface area (Å²) in [6.07, 6.45) is 3.63. The number of aliphatic hydroxyl groups is 1. The minimum absolute atomic E-state index is 0.0180. The van der Waals surface area contributed by atoms with E-state index in [0.717, 1.165) is 10.6 Å². The number of aryl methyl sites for hydroxylation is 1. The number of phenolic OH excluding ortho intramolecular Hbond substituents is 1. The average molecular weight is 495 g/mol. The lowest BCUT2D eigenvalue weighted by Gasteiger charge is -2.48. The Balaban J connectivity index is 1.56. The van der Waals surface area contributed by atoms with Gasteiger partial charge in [-0.15, -0.1) is 11.3 Å². The van der Waals surface area contributed by atoms with Crippen molar-refractivity contribution in [3.05, 3.63) is 44.9 Å². The third-order valence-electron chi connectivity index (χ3n) is 7.52. The molecule has 2 unspecified atom stereocenters. The molecule has 0 saturated heterocycles. The van der Waals surface area contributed by atoms with Gasteiger partial charge in [-0.3, -0.25) is 24.0 Å². The molecule has 5 rings (SSSR count). The number of primary amides is 1. The summed E-state index contributed by atoms with van der Waals surface area (Å²) in [5.74, 6) is -10.1. The highest BCUT2D eigenvalue weighted by Gasteiger charge is 2.66. The van der Waals surface area contributed by atoms with Gasteiger partial charge in [0, 0.05) is 17.2 Å². The Morgan fingerprint density at radius 2 is 1.91 bits per heavy atom. The first kappa shape index (κ1) is 23.3. The Labute approximate surface area is 203 Å². The minimum Gasteiger partial charge on any atom is -0.507 e. The number of benzene rings is 1. The van der Waals surface area contributed by atoms with Gasteiger partial charge in [-0.2, -0.15) is 0 Å². The van der Waals surface area contributed by atoms with Crippen molar-refractivity contribution in [3.63, 3.8) is 0 Å². The number of aromatic hydroxyl groups is 1. The second-order valence-corrected chi connectivity index (χ2v) is 10.3. The molecule has 0 aliphatic heterocycles. The summed E-state index contributed by atoms with van der Waals surface area (Å²) in [5, 5.41) is 21.7. The van der Waals surface area contributed by atoms with Crippen LogP contribution in [0.1, 0.15) is 44.9 Å². The molecule has 3 aliphatic rings. The van der Waals surface area contributed by atoms with Gasteiger partial charge in [0.2, 0.25) is 5.91 Å². The van der Waals surface area contributed by atoms with Crippen molar-refractivity contribution in [1.82, 2.24) is 4.98 Å². The van der Waals surface area contributed by atoms with Crippen molar-refractivity contribution in [2.24, 2.45) is 29.4 Å². The number of rotatable bonds is 3. The molecule has 1 amide bonds. The number of Topliss-reactive ketones (excluding diaryl/α,β-unsaturated/α-hetero) is 4. The van der Waals surface area contributed by atoms with Crippen LogP contribution in [0.3, 0.4) is 0 Å². The smallest absolute Gasteiger partial charge is 0.235 e. The van der Waals surface area contributed by atoms with Crippen LogP contribution in [0, 0.1) is 30.6 Å². The number of aromatic nitrogens is 1. The molecule has 2 fully saturated rings. The SMILES string of the molecule is Cc1ncsc1/C=C/c1ccc(O)c2c1C[C@H]1C[C@H]3CC(=O)C(C(N)=O)C(=O)[C@@]3(O)C(=O)C1C2=O. The molecule has 5 atom stereocenters. The lowest BCUT2D eigenvalue weighted by atomic mass is 9.53. The summed E-state index contributed by atoms with van der Waals surface area (Å²) in [7, 11) is 0. The Morgan fingerprint density at radius 3 is 2.57 bits per heavy atom. The number of ketones is 4. The summed E-state index contributed by atoms with van der Waals surface area (Å²) in [5.41, 5.74) is 6.37. The van der Waals surface area contributed by atoms with Gasteiger partial charge in [0.25, 0.3) is 0 Å². The van der Waals surface area contributed by atoms with Gasteiger partial charge >= 0.3 is 0 Å². The molecular weight excluding hydrogens is 472 g/mol. The van der Waals surface area contributed by atoms with E-state index in [0.29, 0.717) is 11.1 Å². The van der Waals surface area contributed by atoms with E-state index in [1.54, 1.807) is 11.6 Å². The number of hydrogen-bond acceptors (Lipinski definition) is 9. The van der Waals surface area contributed by atoms with Crippen molar-refractivity contribution in [2.45, 2.75) is 31.8 Å². The van der Waals surface area contributed by atoms with Gasteiger partial charge in [0.1, 0.15) is 5.75 Å². The first-order chi connectivity index (χ1) is 16.6. The van der Waals surface area contributed by atoms with Crippen LogP contribution in [0.5, 0.6) is 5.75 Å². The van der Waals surface area contributed by atoms with Crippen LogP contribution < -0.4 is 5.73 Å². The van der Waals surface area contributed by atoms with Crippen LogP contribution in [-0.2, 0) is 25.6 Å². The van der Waals surface area contributed by atoms with E-state index in [2.05, 4.69) is 4.98 Å². The molecule has 0 spiro atoms. The number of phenols is 1. The molecule has 1 aromatic carbocycles. The molecule has 0 bridgehead atoms. The van der Waals surface area contributed by atoms with Crippen LogP contribution in [0.2, 0.25) is 0 Å². The van der Waals surface area contributed by atoms with E-state index in [1.807, 2.05) is 19.1 Å². The highest BCUT2D eigenvalue weighted by Crippen LogP contribution is 2.50. The quantitative estimate of drug-likeness (QED) is 0.537. The number of amides is 1. The average Bonchev–Trinajstić information content (AvgIpc) is 3.20. The van der Waals surface area contributed by atoms with Gasteiger partial charge in [0.05, 0.1) is 22.7 Å². The maximum Gasteiger partial charge on any atom is 0.235 e. The van der Waals surface area contributed by atoms with Gasteiger partial charge in [-0.1, -0.05) is 12.1 Å². The van der Waals surface area contributed by atoms with Crippen molar-refractivity contribution >= 4 is 52.5 Å². The predicted octanol–water partition coefficient (Wildman–Crippen LogP) is 1.26. The Morgan fingerprint density at radius 1 is 1.17 bits per heavy atom. The monoisotopic (exact) mass is 494 g/mol. The maximum atomic E-state index is 13.5. The lowest BCUT2D eigenvalue weighted by molar-refractivity contribution is -0.175. The van der Waals surface area contributed by atoms with Crippen LogP contribution in [0.25, 0.3) is 12.2 Å². The fourth-order valence-corrected chi connectivity index (χ4v) is 6.48. The molecule has 4 N–H and O–H groups in total. The van der Waals surface area contributed by atoms with Crippen LogP contribution in [0.15, 0.2) is 17.6 Å². The maximum absolute atomic E-state index is 13.5.